The Bertz CT molecular complexity index is 581. The molecule has 3 atom stereocenters. The quantitative estimate of drug-likeness (QED) is 0.563. The molecule has 4 nitrogen and oxygen atoms in total. The fourth-order valence-electron chi connectivity index (χ4n) is 4.22. The summed E-state index contributed by atoms with van der Waals surface area (Å²) < 4.78 is 5.78. The Kier molecular flexibility index (Phi) is 8.62. The molecule has 3 rings (SSSR count). The molecule has 3 N–H and O–H groups in total. The Balaban J connectivity index is 0.000000313. The molecule has 3 unspecified atom stereocenters. The number of hydrogen-bond donors (Lipinski definition) is 2. The number of ether oxygens (including phenoxy) is 1. The van der Waals surface area contributed by atoms with Crippen molar-refractivity contribution in [3.8, 4) is 0 Å². The first-order valence-corrected chi connectivity index (χ1v) is 10.6. The van der Waals surface area contributed by atoms with Crippen molar-refractivity contribution in [2.75, 3.05) is 5.73 Å². The molecule has 0 radical (unpaired) electrons. The molecule has 2 aliphatic carbocycles. The van der Waals surface area contributed by atoms with Crippen LogP contribution in [0.1, 0.15) is 82.5 Å². The van der Waals surface area contributed by atoms with Crippen molar-refractivity contribution in [2.24, 2.45) is 17.8 Å². The molecule has 1 aromatic carbocycles. The Morgan fingerprint density at radius 2 is 1.78 bits per heavy atom. The van der Waals surface area contributed by atoms with Crippen LogP contribution in [0.15, 0.2) is 24.3 Å². The first kappa shape index (κ1) is 21.7. The van der Waals surface area contributed by atoms with Gasteiger partial charge in [0.1, 0.15) is 6.10 Å². The molecule has 0 heterocycles. The molecule has 0 aliphatic heterocycles. The number of benzene rings is 1. The molecule has 27 heavy (non-hydrogen) atoms. The fourth-order valence-corrected chi connectivity index (χ4v) is 4.22. The van der Waals surface area contributed by atoms with Gasteiger partial charge in [0.05, 0.1) is 11.7 Å². The SMILES string of the molecule is CC1CCC(C(C)C)C(OC(=O)c2ccccc2N)C1.OC1CCCCC1. The van der Waals surface area contributed by atoms with Crippen molar-refractivity contribution in [1.29, 1.82) is 0 Å². The number of aliphatic hydroxyl groups excluding tert-OH is 1. The zero-order valence-corrected chi connectivity index (χ0v) is 17.2. The lowest BCUT2D eigenvalue weighted by Crippen LogP contribution is -2.36. The largest absolute Gasteiger partial charge is 0.458 e. The van der Waals surface area contributed by atoms with E-state index < -0.39 is 0 Å². The van der Waals surface area contributed by atoms with Crippen LogP contribution in [0.4, 0.5) is 5.69 Å². The molecule has 0 spiro atoms. The minimum Gasteiger partial charge on any atom is -0.458 e. The lowest BCUT2D eigenvalue weighted by Gasteiger charge is -2.36. The molecular weight excluding hydrogens is 338 g/mol. The van der Waals surface area contributed by atoms with Crippen molar-refractivity contribution in [2.45, 2.75) is 84.3 Å². The zero-order chi connectivity index (χ0) is 19.8. The van der Waals surface area contributed by atoms with Gasteiger partial charge in [-0.1, -0.05) is 58.6 Å². The van der Waals surface area contributed by atoms with Gasteiger partial charge in [0.2, 0.25) is 0 Å². The van der Waals surface area contributed by atoms with Gasteiger partial charge in [-0.05, 0) is 55.6 Å². The highest BCUT2D eigenvalue weighted by Gasteiger charge is 2.33. The lowest BCUT2D eigenvalue weighted by atomic mass is 9.75. The average Bonchev–Trinajstić information content (AvgIpc) is 2.63. The average molecular weight is 376 g/mol. The van der Waals surface area contributed by atoms with Crippen LogP contribution in [-0.4, -0.2) is 23.3 Å². The number of carbonyl (C=O) groups is 1. The van der Waals surface area contributed by atoms with Gasteiger partial charge >= 0.3 is 5.97 Å². The number of para-hydroxylation sites is 1. The van der Waals surface area contributed by atoms with Gasteiger partial charge in [0.15, 0.2) is 0 Å². The highest BCUT2D eigenvalue weighted by atomic mass is 16.5. The van der Waals surface area contributed by atoms with Crippen LogP contribution in [-0.2, 0) is 4.74 Å². The van der Waals surface area contributed by atoms with Gasteiger partial charge in [-0.2, -0.15) is 0 Å². The number of esters is 1. The topological polar surface area (TPSA) is 72.5 Å². The maximum Gasteiger partial charge on any atom is 0.340 e. The first-order chi connectivity index (χ1) is 12.9. The maximum atomic E-state index is 12.3. The fraction of sp³-hybridized carbons (Fsp3) is 0.696. The molecule has 0 amide bonds. The number of aliphatic hydroxyl groups is 1. The van der Waals surface area contributed by atoms with E-state index in [1.165, 1.54) is 25.7 Å². The summed E-state index contributed by atoms with van der Waals surface area (Å²) in [5.74, 6) is 1.33. The molecule has 152 valence electrons. The zero-order valence-electron chi connectivity index (χ0n) is 17.2. The Hall–Kier alpha value is -1.55. The Morgan fingerprint density at radius 1 is 1.11 bits per heavy atom. The van der Waals surface area contributed by atoms with Crippen molar-refractivity contribution in [3.05, 3.63) is 29.8 Å². The second-order valence-electron chi connectivity index (χ2n) is 8.65. The van der Waals surface area contributed by atoms with E-state index >= 15 is 0 Å². The van der Waals surface area contributed by atoms with E-state index in [-0.39, 0.29) is 18.2 Å². The van der Waals surface area contributed by atoms with E-state index in [0.717, 1.165) is 25.7 Å². The summed E-state index contributed by atoms with van der Waals surface area (Å²) in [5, 5.41) is 8.91. The predicted molar refractivity (Wildman–Crippen MR) is 110 cm³/mol. The first-order valence-electron chi connectivity index (χ1n) is 10.6. The maximum absolute atomic E-state index is 12.3. The van der Waals surface area contributed by atoms with Gasteiger partial charge < -0.3 is 15.6 Å². The van der Waals surface area contributed by atoms with E-state index in [0.29, 0.717) is 29.0 Å². The van der Waals surface area contributed by atoms with E-state index in [1.54, 1.807) is 12.1 Å². The number of rotatable bonds is 3. The van der Waals surface area contributed by atoms with Gasteiger partial charge in [0.25, 0.3) is 0 Å². The molecule has 1 aromatic rings. The van der Waals surface area contributed by atoms with Crippen LogP contribution in [0.5, 0.6) is 0 Å². The Labute approximate surface area is 164 Å². The van der Waals surface area contributed by atoms with Gasteiger partial charge in [-0.25, -0.2) is 4.79 Å². The number of nitrogens with two attached hydrogens (primary N) is 1. The van der Waals surface area contributed by atoms with Crippen molar-refractivity contribution < 1.29 is 14.6 Å². The van der Waals surface area contributed by atoms with Crippen LogP contribution in [0.3, 0.4) is 0 Å². The van der Waals surface area contributed by atoms with Crippen molar-refractivity contribution in [3.63, 3.8) is 0 Å². The van der Waals surface area contributed by atoms with Crippen LogP contribution in [0.25, 0.3) is 0 Å². The summed E-state index contributed by atoms with van der Waals surface area (Å²) in [6, 6.07) is 7.11. The lowest BCUT2D eigenvalue weighted by molar-refractivity contribution is -0.0173. The van der Waals surface area contributed by atoms with Crippen LogP contribution in [0.2, 0.25) is 0 Å². The van der Waals surface area contributed by atoms with Gasteiger partial charge in [-0.15, -0.1) is 0 Å². The number of nitrogen functional groups attached to an aromatic ring is 1. The van der Waals surface area contributed by atoms with Crippen molar-refractivity contribution >= 4 is 11.7 Å². The molecule has 2 aliphatic rings. The van der Waals surface area contributed by atoms with Crippen LogP contribution >= 0.6 is 0 Å². The third kappa shape index (κ3) is 6.84. The molecule has 2 fully saturated rings. The highest BCUT2D eigenvalue weighted by molar-refractivity contribution is 5.95. The van der Waals surface area contributed by atoms with Gasteiger partial charge in [0, 0.05) is 5.69 Å². The smallest absolute Gasteiger partial charge is 0.340 e. The van der Waals surface area contributed by atoms with Gasteiger partial charge in [-0.3, -0.25) is 0 Å². The Morgan fingerprint density at radius 3 is 2.33 bits per heavy atom. The molecule has 0 aromatic heterocycles. The standard InChI is InChI=1S/C17H25NO2.C6H12O/c1-11(2)13-9-8-12(3)10-16(13)20-17(19)14-6-4-5-7-15(14)18;7-6-4-2-1-3-5-6/h4-7,11-13,16H,8-10,18H2,1-3H3;6-7H,1-5H2. The molecule has 2 saturated carbocycles. The van der Waals surface area contributed by atoms with E-state index in [2.05, 4.69) is 20.8 Å². The molecule has 4 heteroatoms. The van der Waals surface area contributed by atoms with Crippen molar-refractivity contribution in [1.82, 2.24) is 0 Å². The van der Waals surface area contributed by atoms with E-state index in [1.807, 2.05) is 12.1 Å². The summed E-state index contributed by atoms with van der Waals surface area (Å²) in [6.07, 6.45) is 9.27. The molecule has 0 bridgehead atoms. The number of hydrogen-bond acceptors (Lipinski definition) is 4. The summed E-state index contributed by atoms with van der Waals surface area (Å²) in [7, 11) is 0. The third-order valence-corrected chi connectivity index (χ3v) is 5.98. The van der Waals surface area contributed by atoms with E-state index in [9.17, 15) is 4.79 Å². The summed E-state index contributed by atoms with van der Waals surface area (Å²) in [6.45, 7) is 6.64. The van der Waals surface area contributed by atoms with E-state index in [4.69, 9.17) is 15.6 Å². The second kappa shape index (κ2) is 10.7. The highest BCUT2D eigenvalue weighted by Crippen LogP contribution is 2.35. The summed E-state index contributed by atoms with van der Waals surface area (Å²) in [4.78, 5) is 12.3. The second-order valence-corrected chi connectivity index (χ2v) is 8.65. The minimum atomic E-state index is -0.284. The molecule has 0 saturated heterocycles. The molecular formula is C23H37NO3. The third-order valence-electron chi connectivity index (χ3n) is 5.98. The number of carbonyl (C=O) groups excluding carboxylic acids is 1. The monoisotopic (exact) mass is 375 g/mol. The normalized spacial score (nSPS) is 26.2. The van der Waals surface area contributed by atoms with Crippen LogP contribution in [0, 0.1) is 17.8 Å². The number of anilines is 1. The predicted octanol–water partition coefficient (Wildman–Crippen LogP) is 5.20. The van der Waals surface area contributed by atoms with Crippen LogP contribution < -0.4 is 5.73 Å². The summed E-state index contributed by atoms with van der Waals surface area (Å²) >= 11 is 0. The minimum absolute atomic E-state index is 0.0193. The summed E-state index contributed by atoms with van der Waals surface area (Å²) in [5.41, 5.74) is 6.82.